The Hall–Kier alpha value is -1.56. The standard InChI is InChI=1S/C8H10N3/c1-2-10-7-5-3-4-6-8(7)11-9/h3-6,10H,2H2,1H3/q+1. The van der Waals surface area contributed by atoms with Crippen molar-refractivity contribution < 1.29 is 0 Å². The Morgan fingerprint density at radius 3 is 2.82 bits per heavy atom. The average Bonchev–Trinajstić information content (AvgIpc) is 2.06. The van der Waals surface area contributed by atoms with E-state index in [2.05, 4.69) is 10.3 Å². The number of diazo groups is 1. The Morgan fingerprint density at radius 1 is 1.45 bits per heavy atom. The molecule has 1 aromatic carbocycles. The second-order valence-electron chi connectivity index (χ2n) is 2.15. The van der Waals surface area contributed by atoms with E-state index in [1.165, 1.54) is 0 Å². The summed E-state index contributed by atoms with van der Waals surface area (Å²) in [5, 5.41) is 11.6. The Labute approximate surface area is 65.7 Å². The highest BCUT2D eigenvalue weighted by Crippen LogP contribution is 2.23. The lowest BCUT2D eigenvalue weighted by Gasteiger charge is -1.96. The topological polar surface area (TPSA) is 40.2 Å². The van der Waals surface area contributed by atoms with Crippen molar-refractivity contribution in [3.8, 4) is 0 Å². The lowest BCUT2D eigenvalue weighted by molar-refractivity contribution is 1.21. The van der Waals surface area contributed by atoms with Crippen LogP contribution in [-0.4, -0.2) is 6.54 Å². The van der Waals surface area contributed by atoms with Gasteiger partial charge in [0.05, 0.1) is 0 Å². The van der Waals surface area contributed by atoms with Crippen molar-refractivity contribution in [3.05, 3.63) is 29.2 Å². The van der Waals surface area contributed by atoms with Gasteiger partial charge in [-0.25, -0.2) is 0 Å². The number of nitrogens with one attached hydrogen (secondary N) is 1. The molecule has 0 unspecified atom stereocenters. The molecule has 3 heteroatoms. The van der Waals surface area contributed by atoms with Crippen LogP contribution in [0.2, 0.25) is 0 Å². The van der Waals surface area contributed by atoms with E-state index < -0.39 is 0 Å². The van der Waals surface area contributed by atoms with Crippen LogP contribution in [0.5, 0.6) is 0 Å². The maximum atomic E-state index is 8.53. The zero-order valence-corrected chi connectivity index (χ0v) is 6.41. The van der Waals surface area contributed by atoms with Crippen molar-refractivity contribution >= 4 is 11.4 Å². The van der Waals surface area contributed by atoms with Crippen molar-refractivity contribution in [2.45, 2.75) is 6.92 Å². The minimum absolute atomic E-state index is 0.578. The molecule has 0 atom stereocenters. The summed E-state index contributed by atoms with van der Waals surface area (Å²) in [5.41, 5.74) is 1.44. The fourth-order valence-electron chi connectivity index (χ4n) is 0.901. The van der Waals surface area contributed by atoms with E-state index in [0.717, 1.165) is 12.2 Å². The predicted molar refractivity (Wildman–Crippen MR) is 45.3 cm³/mol. The van der Waals surface area contributed by atoms with Gasteiger partial charge in [0.1, 0.15) is 5.69 Å². The molecule has 11 heavy (non-hydrogen) atoms. The minimum atomic E-state index is 0.578. The molecule has 0 aliphatic rings. The van der Waals surface area contributed by atoms with Crippen LogP contribution in [0.3, 0.4) is 0 Å². The van der Waals surface area contributed by atoms with Gasteiger partial charge in [0.25, 0.3) is 0 Å². The molecular weight excluding hydrogens is 138 g/mol. The molecule has 1 N–H and O–H groups in total. The molecule has 56 valence electrons. The van der Waals surface area contributed by atoms with Crippen LogP contribution in [0.15, 0.2) is 24.3 Å². The third-order valence-corrected chi connectivity index (χ3v) is 1.38. The molecule has 0 spiro atoms. The van der Waals surface area contributed by atoms with E-state index in [-0.39, 0.29) is 0 Å². The first-order valence-corrected chi connectivity index (χ1v) is 3.56. The van der Waals surface area contributed by atoms with Gasteiger partial charge in [0.2, 0.25) is 5.39 Å². The smallest absolute Gasteiger partial charge is 0.379 e. The van der Waals surface area contributed by atoms with Crippen LogP contribution in [0.1, 0.15) is 6.92 Å². The SMILES string of the molecule is CCNc1ccccc1[N+]#N. The summed E-state index contributed by atoms with van der Waals surface area (Å²) in [4.78, 5) is 3.13. The summed E-state index contributed by atoms with van der Waals surface area (Å²) < 4.78 is 0. The summed E-state index contributed by atoms with van der Waals surface area (Å²) in [5.74, 6) is 0. The van der Waals surface area contributed by atoms with Crippen molar-refractivity contribution in [1.82, 2.24) is 0 Å². The molecule has 0 saturated heterocycles. The van der Waals surface area contributed by atoms with Crippen LogP contribution in [0.4, 0.5) is 11.4 Å². The van der Waals surface area contributed by atoms with Gasteiger partial charge in [-0.3, -0.25) is 0 Å². The first kappa shape index (κ1) is 7.55. The third-order valence-electron chi connectivity index (χ3n) is 1.38. The highest BCUT2D eigenvalue weighted by molar-refractivity contribution is 5.68. The maximum Gasteiger partial charge on any atom is 0.407 e. The molecule has 1 rings (SSSR count). The number of hydrogen-bond donors (Lipinski definition) is 1. The van der Waals surface area contributed by atoms with Gasteiger partial charge in [0, 0.05) is 12.6 Å². The first-order valence-electron chi connectivity index (χ1n) is 3.56. The highest BCUT2D eigenvalue weighted by atomic mass is 14.9. The summed E-state index contributed by atoms with van der Waals surface area (Å²) in [6.45, 7) is 2.82. The first-order chi connectivity index (χ1) is 5.38. The highest BCUT2D eigenvalue weighted by Gasteiger charge is 2.09. The number of benzene rings is 1. The van der Waals surface area contributed by atoms with Crippen LogP contribution in [-0.2, 0) is 0 Å². The van der Waals surface area contributed by atoms with E-state index >= 15 is 0 Å². The molecule has 0 radical (unpaired) electrons. The number of rotatable bonds is 2. The quantitative estimate of drug-likeness (QED) is 0.655. The number of anilines is 1. The summed E-state index contributed by atoms with van der Waals surface area (Å²) in [7, 11) is 0. The molecule has 1 aromatic rings. The van der Waals surface area contributed by atoms with Gasteiger partial charge < -0.3 is 5.32 Å². The van der Waals surface area contributed by atoms with Gasteiger partial charge >= 0.3 is 5.69 Å². The van der Waals surface area contributed by atoms with Gasteiger partial charge in [-0.2, -0.15) is 0 Å². The molecule has 3 nitrogen and oxygen atoms in total. The van der Waals surface area contributed by atoms with Gasteiger partial charge in [-0.15, -0.1) is 0 Å². The van der Waals surface area contributed by atoms with E-state index in [0.29, 0.717) is 5.69 Å². The van der Waals surface area contributed by atoms with Crippen molar-refractivity contribution in [2.24, 2.45) is 0 Å². The fraction of sp³-hybridized carbons (Fsp3) is 0.250. The summed E-state index contributed by atoms with van der Waals surface area (Å²) >= 11 is 0. The molecule has 0 saturated carbocycles. The fourth-order valence-corrected chi connectivity index (χ4v) is 0.901. The molecule has 0 aliphatic carbocycles. The average molecular weight is 148 g/mol. The monoisotopic (exact) mass is 148 g/mol. The zero-order valence-electron chi connectivity index (χ0n) is 6.41. The van der Waals surface area contributed by atoms with E-state index in [1.807, 2.05) is 25.1 Å². The van der Waals surface area contributed by atoms with Crippen LogP contribution >= 0.6 is 0 Å². The molecule has 0 heterocycles. The molecular formula is C8H10N3+. The Kier molecular flexibility index (Phi) is 2.45. The largest absolute Gasteiger partial charge is 0.407 e. The Morgan fingerprint density at radius 2 is 2.18 bits per heavy atom. The predicted octanol–water partition coefficient (Wildman–Crippen LogP) is 2.60. The molecule has 0 fully saturated rings. The Bertz CT molecular complexity index is 275. The summed E-state index contributed by atoms with van der Waals surface area (Å²) in [6, 6.07) is 7.35. The number of para-hydroxylation sites is 1. The minimum Gasteiger partial charge on any atom is -0.379 e. The molecule has 0 amide bonds. The normalized spacial score (nSPS) is 8.73. The van der Waals surface area contributed by atoms with E-state index in [4.69, 9.17) is 5.39 Å². The second kappa shape index (κ2) is 3.57. The van der Waals surface area contributed by atoms with E-state index in [9.17, 15) is 0 Å². The van der Waals surface area contributed by atoms with Gasteiger partial charge in [-0.1, -0.05) is 12.1 Å². The number of hydrogen-bond acceptors (Lipinski definition) is 2. The van der Waals surface area contributed by atoms with Crippen molar-refractivity contribution in [3.63, 3.8) is 0 Å². The second-order valence-corrected chi connectivity index (χ2v) is 2.15. The Balaban J connectivity index is 2.95. The summed E-state index contributed by atoms with van der Waals surface area (Å²) in [6.07, 6.45) is 0. The van der Waals surface area contributed by atoms with Crippen LogP contribution in [0.25, 0.3) is 4.98 Å². The van der Waals surface area contributed by atoms with E-state index in [1.54, 1.807) is 6.07 Å². The van der Waals surface area contributed by atoms with Gasteiger partial charge in [0.15, 0.2) is 4.98 Å². The van der Waals surface area contributed by atoms with Crippen molar-refractivity contribution in [2.75, 3.05) is 11.9 Å². The van der Waals surface area contributed by atoms with Crippen LogP contribution < -0.4 is 5.32 Å². The maximum absolute atomic E-state index is 8.53. The molecule has 0 aromatic heterocycles. The van der Waals surface area contributed by atoms with Crippen molar-refractivity contribution in [1.29, 1.82) is 5.39 Å². The molecule has 0 bridgehead atoms. The zero-order chi connectivity index (χ0) is 8.10. The third kappa shape index (κ3) is 1.68. The van der Waals surface area contributed by atoms with Crippen LogP contribution in [0, 0.1) is 5.39 Å². The lowest BCUT2D eigenvalue weighted by atomic mass is 10.3. The van der Waals surface area contributed by atoms with Gasteiger partial charge in [-0.05, 0) is 13.0 Å². The lowest BCUT2D eigenvalue weighted by Crippen LogP contribution is -1.95. The number of nitrogens with zero attached hydrogens (tertiary/aromatic N) is 2. The molecule has 0 aliphatic heterocycles.